The van der Waals surface area contributed by atoms with Gasteiger partial charge in [0.05, 0.1) is 29.1 Å². The Morgan fingerprint density at radius 1 is 0.857 bits per heavy atom. The Morgan fingerprint density at radius 2 is 1.69 bits per heavy atom. The standard InChI is InChI=1S/C53H61N11O6/c1-31-29-60(36-13-16-59(17-14-36)37-6-8-40-35(22-37)30-64(51(40)68)42-9-11-46(66)58-49(42)67)18-19-61(31)38-7-10-45(55-28-38)57-41-23-34(27-56-50(41)70-5)39-12-15-54-48(47(39)32(2)65)63-21-20-62-43(52(63)69)24-33-25-53(3,4)26-44(33)62/h6-8,10,12,15,22-24,27-28,31-32,36,42,65H,9,11,13-14,16-21,25-26,29-30H2,1-5H3,(H,55,57)(H,58,66,67)/t31-,32+,42-/m0/s1/i5D3. The predicted octanol–water partition coefficient (Wildman–Crippen LogP) is 5.87. The maximum Gasteiger partial charge on any atom is 0.276 e. The van der Waals surface area contributed by atoms with Gasteiger partial charge in [0.15, 0.2) is 0 Å². The maximum atomic E-state index is 14.2. The average molecular weight is 951 g/mol. The van der Waals surface area contributed by atoms with E-state index in [0.29, 0.717) is 71.7 Å². The van der Waals surface area contributed by atoms with Gasteiger partial charge in [-0.1, -0.05) is 13.8 Å². The summed E-state index contributed by atoms with van der Waals surface area (Å²) in [5.74, 6) is -0.385. The van der Waals surface area contributed by atoms with E-state index in [0.717, 1.165) is 75.3 Å². The van der Waals surface area contributed by atoms with Gasteiger partial charge in [-0.3, -0.25) is 34.3 Å². The van der Waals surface area contributed by atoms with Gasteiger partial charge in [-0.2, -0.15) is 0 Å². The monoisotopic (exact) mass is 950 g/mol. The highest BCUT2D eigenvalue weighted by Gasteiger charge is 2.41. The Hall–Kier alpha value is -6.85. The number of hydrogen-bond acceptors (Lipinski definition) is 13. The van der Waals surface area contributed by atoms with Gasteiger partial charge in [0.1, 0.15) is 29.1 Å². The van der Waals surface area contributed by atoms with Crippen molar-refractivity contribution in [2.75, 3.05) is 66.3 Å². The fraction of sp³-hybridized carbons (Fsp3) is 0.453. The average Bonchev–Trinajstić information content (AvgIpc) is 3.98. The van der Waals surface area contributed by atoms with E-state index in [2.05, 4.69) is 66.7 Å². The van der Waals surface area contributed by atoms with E-state index in [1.54, 1.807) is 35.1 Å². The Morgan fingerprint density at radius 3 is 2.44 bits per heavy atom. The summed E-state index contributed by atoms with van der Waals surface area (Å²) in [6.45, 7) is 14.1. The molecule has 5 aliphatic heterocycles. The number of imide groups is 1. The lowest BCUT2D eigenvalue weighted by atomic mass is 9.90. The van der Waals surface area contributed by atoms with Crippen LogP contribution >= 0.6 is 0 Å². The zero-order valence-corrected chi connectivity index (χ0v) is 40.1. The molecule has 1 aliphatic carbocycles. The van der Waals surface area contributed by atoms with Crippen molar-refractivity contribution in [1.82, 2.24) is 34.6 Å². The minimum atomic E-state index is -2.79. The molecule has 17 heteroatoms. The van der Waals surface area contributed by atoms with Gasteiger partial charge in [0.2, 0.25) is 17.7 Å². The Balaban J connectivity index is 0.743. The molecule has 3 atom stereocenters. The van der Waals surface area contributed by atoms with Gasteiger partial charge in [0.25, 0.3) is 11.8 Å². The van der Waals surface area contributed by atoms with Gasteiger partial charge < -0.3 is 34.4 Å². The number of carbonyl (C=O) groups excluding carboxylic acids is 4. The molecule has 0 spiro atoms. The van der Waals surface area contributed by atoms with Crippen LogP contribution in [0.15, 0.2) is 67.1 Å². The molecule has 0 saturated carbocycles. The number of aromatic nitrogens is 4. The van der Waals surface area contributed by atoms with Crippen LogP contribution in [-0.4, -0.2) is 122 Å². The lowest BCUT2D eigenvalue weighted by Gasteiger charge is -2.46. The number of piperazine rings is 1. The normalized spacial score (nSPS) is 22.8. The summed E-state index contributed by atoms with van der Waals surface area (Å²) in [6.07, 6.45) is 8.30. The van der Waals surface area contributed by atoms with E-state index in [1.807, 2.05) is 36.5 Å². The van der Waals surface area contributed by atoms with E-state index in [4.69, 9.17) is 13.8 Å². The van der Waals surface area contributed by atoms with Crippen molar-refractivity contribution in [2.24, 2.45) is 5.41 Å². The second-order valence-corrected chi connectivity index (χ2v) is 20.6. The molecule has 6 aliphatic rings. The van der Waals surface area contributed by atoms with Gasteiger partial charge in [0, 0.05) is 111 Å². The Kier molecular flexibility index (Phi) is 10.7. The van der Waals surface area contributed by atoms with Crippen LogP contribution in [0.25, 0.3) is 11.1 Å². The third-order valence-corrected chi connectivity index (χ3v) is 15.4. The van der Waals surface area contributed by atoms with Crippen LogP contribution in [0.4, 0.5) is 28.7 Å². The number of nitrogens with zero attached hydrogens (tertiary/aromatic N) is 9. The van der Waals surface area contributed by atoms with Crippen molar-refractivity contribution in [3.63, 3.8) is 0 Å². The fourth-order valence-electron chi connectivity index (χ4n) is 11.9. The molecule has 5 aromatic rings. The smallest absolute Gasteiger partial charge is 0.276 e. The number of fused-ring (bicyclic) bond motifs is 4. The number of aliphatic hydroxyl groups is 1. The van der Waals surface area contributed by atoms with Crippen LogP contribution in [0.5, 0.6) is 5.88 Å². The minimum Gasteiger partial charge on any atom is -0.480 e. The number of methoxy groups -OCH3 is 1. The summed E-state index contributed by atoms with van der Waals surface area (Å²) in [5.41, 5.74) is 8.60. The van der Waals surface area contributed by atoms with E-state index >= 15 is 0 Å². The van der Waals surface area contributed by atoms with Crippen molar-refractivity contribution in [3.05, 3.63) is 101 Å². The van der Waals surface area contributed by atoms with Crippen LogP contribution in [0, 0.1) is 5.41 Å². The summed E-state index contributed by atoms with van der Waals surface area (Å²) in [5, 5.41) is 16.9. The number of amides is 4. The van der Waals surface area contributed by atoms with Crippen LogP contribution in [0.1, 0.15) is 107 Å². The zero-order chi connectivity index (χ0) is 51.1. The third kappa shape index (κ3) is 8.21. The highest BCUT2D eigenvalue weighted by atomic mass is 16.5. The summed E-state index contributed by atoms with van der Waals surface area (Å²) < 4.78 is 31.2. The van der Waals surface area contributed by atoms with Crippen molar-refractivity contribution >= 4 is 52.3 Å². The Bertz CT molecular complexity index is 3020. The van der Waals surface area contributed by atoms with Crippen molar-refractivity contribution < 1.29 is 33.1 Å². The SMILES string of the molecule is [2H]C([2H])([2H])Oc1ncc(-c2ccnc(N3CCn4c(cc5c4CC(C)(C)C5)C3=O)c2[C@@H](C)O)cc1Nc1ccc(N2CCN(C3CCN(c4ccc5c(c4)CN([C@H]4CCC(=O)NC4=O)C5=O)CC3)C[C@@H]2C)cn1. The number of ether oxygens (including phenoxy) is 1. The molecule has 4 amide bonds. The van der Waals surface area contributed by atoms with Crippen molar-refractivity contribution in [1.29, 1.82) is 0 Å². The quantitative estimate of drug-likeness (QED) is 0.142. The van der Waals surface area contributed by atoms with E-state index in [1.165, 1.54) is 17.5 Å². The first-order valence-electron chi connectivity index (χ1n) is 26.0. The molecule has 9 heterocycles. The first-order valence-corrected chi connectivity index (χ1v) is 24.5. The first-order chi connectivity index (χ1) is 34.9. The minimum absolute atomic E-state index is 0.150. The fourth-order valence-corrected chi connectivity index (χ4v) is 11.9. The molecule has 70 heavy (non-hydrogen) atoms. The number of rotatable bonds is 10. The summed E-state index contributed by atoms with van der Waals surface area (Å²) in [4.78, 5) is 76.1. The number of anilines is 5. The first kappa shape index (κ1) is 42.1. The molecule has 364 valence electrons. The number of piperidine rings is 2. The van der Waals surface area contributed by atoms with Crippen LogP contribution in [-0.2, 0) is 35.5 Å². The number of benzene rings is 1. The number of hydrogen-bond donors (Lipinski definition) is 3. The zero-order valence-electron chi connectivity index (χ0n) is 43.1. The molecule has 17 nitrogen and oxygen atoms in total. The molecule has 1 aromatic carbocycles. The molecule has 3 saturated heterocycles. The summed E-state index contributed by atoms with van der Waals surface area (Å²) >= 11 is 0. The van der Waals surface area contributed by atoms with Gasteiger partial charge in [-0.15, -0.1) is 0 Å². The van der Waals surface area contributed by atoms with Crippen LogP contribution in [0.3, 0.4) is 0 Å². The number of carbonyl (C=O) groups is 4. The second kappa shape index (κ2) is 17.8. The van der Waals surface area contributed by atoms with Gasteiger partial charge >= 0.3 is 0 Å². The third-order valence-electron chi connectivity index (χ3n) is 15.4. The number of nitrogens with one attached hydrogen (secondary N) is 2. The number of pyridine rings is 3. The van der Waals surface area contributed by atoms with Crippen molar-refractivity contribution in [2.45, 2.75) is 104 Å². The lowest BCUT2D eigenvalue weighted by molar-refractivity contribution is -0.136. The summed E-state index contributed by atoms with van der Waals surface area (Å²) in [6, 6.07) is 15.3. The maximum absolute atomic E-state index is 14.2. The topological polar surface area (TPSA) is 182 Å². The molecule has 0 unspecified atom stereocenters. The van der Waals surface area contributed by atoms with Gasteiger partial charge in [-0.25, -0.2) is 15.0 Å². The molecule has 0 bridgehead atoms. The van der Waals surface area contributed by atoms with Crippen LogP contribution < -0.4 is 30.1 Å². The molecule has 11 rings (SSSR count). The summed E-state index contributed by atoms with van der Waals surface area (Å²) in [7, 11) is -2.79. The molecule has 4 aromatic heterocycles. The van der Waals surface area contributed by atoms with E-state index in [-0.39, 0.29) is 47.2 Å². The second-order valence-electron chi connectivity index (χ2n) is 20.6. The molecular weight excluding hydrogens is 887 g/mol. The molecule has 3 N–H and O–H groups in total. The number of aliphatic hydroxyl groups excluding tert-OH is 1. The van der Waals surface area contributed by atoms with Crippen molar-refractivity contribution in [3.8, 4) is 17.0 Å². The largest absolute Gasteiger partial charge is 0.480 e. The molecule has 0 radical (unpaired) electrons. The predicted molar refractivity (Wildman–Crippen MR) is 266 cm³/mol. The molecular formula is C53H61N11O6. The van der Waals surface area contributed by atoms with E-state index in [9.17, 15) is 24.3 Å². The van der Waals surface area contributed by atoms with Gasteiger partial charge in [-0.05, 0) is 117 Å². The lowest BCUT2D eigenvalue weighted by Crippen LogP contribution is -2.57. The highest BCUT2D eigenvalue weighted by Crippen LogP contribution is 2.42. The Labute approximate surface area is 412 Å². The highest BCUT2D eigenvalue weighted by molar-refractivity contribution is 6.07. The van der Waals surface area contributed by atoms with Crippen LogP contribution in [0.2, 0.25) is 0 Å². The van der Waals surface area contributed by atoms with E-state index < -0.39 is 25.1 Å². The molecule has 3 fully saturated rings.